The molecule has 49 heavy (non-hydrogen) atoms. The number of Topliss-reactive ketones (excluding diaryl/α,β-unsaturated/α-hetero) is 1. The normalized spacial score (nSPS) is 18.9. The predicted octanol–water partition coefficient (Wildman–Crippen LogP) is 0.710. The zero-order valence-electron chi connectivity index (χ0n) is 28.2. The number of ether oxygens (including phenoxy) is 1. The van der Waals surface area contributed by atoms with E-state index in [2.05, 4.69) is 11.9 Å². The highest BCUT2D eigenvalue weighted by molar-refractivity contribution is 5.88. The van der Waals surface area contributed by atoms with Crippen LogP contribution in [0.5, 0.6) is 5.75 Å². The molecule has 3 rings (SSSR count). The van der Waals surface area contributed by atoms with Crippen molar-refractivity contribution in [1.82, 2.24) is 15.5 Å². The first-order valence-electron chi connectivity index (χ1n) is 16.1. The quantitative estimate of drug-likeness (QED) is 0.0831. The maximum Gasteiger partial charge on any atom is 0.326 e. The summed E-state index contributed by atoms with van der Waals surface area (Å²) in [6.45, 7) is 10.1. The summed E-state index contributed by atoms with van der Waals surface area (Å²) in [5.41, 5.74) is 2.64. The van der Waals surface area contributed by atoms with Gasteiger partial charge in [-0.2, -0.15) is 0 Å². The van der Waals surface area contributed by atoms with Crippen molar-refractivity contribution < 1.29 is 54.9 Å². The molecule has 1 fully saturated rings. The number of amides is 3. The first-order valence-corrected chi connectivity index (χ1v) is 16.1. The Morgan fingerprint density at radius 3 is 2.18 bits per heavy atom. The van der Waals surface area contributed by atoms with Crippen LogP contribution in [0.25, 0.3) is 0 Å². The molecule has 2 aromatic rings. The Bertz CT molecular complexity index is 1440. The molecule has 0 aliphatic carbocycles. The third kappa shape index (κ3) is 9.22. The Morgan fingerprint density at radius 1 is 1.00 bits per heavy atom. The molecule has 4 atom stereocenters. The summed E-state index contributed by atoms with van der Waals surface area (Å²) in [5.74, 6) is -14.1. The van der Waals surface area contributed by atoms with Crippen molar-refractivity contribution in [2.75, 3.05) is 6.61 Å². The second-order valence-corrected chi connectivity index (χ2v) is 13.0. The van der Waals surface area contributed by atoms with Crippen LogP contribution in [0.4, 0.5) is 4.79 Å². The van der Waals surface area contributed by atoms with Gasteiger partial charge >= 0.3 is 23.6 Å². The fourth-order valence-electron chi connectivity index (χ4n) is 6.01. The minimum atomic E-state index is -4.15. The van der Waals surface area contributed by atoms with Gasteiger partial charge in [-0.3, -0.25) is 19.8 Å². The topological polar surface area (TPSA) is 229 Å². The Morgan fingerprint density at radius 2 is 1.61 bits per heavy atom. The minimum Gasteiger partial charge on any atom is -0.485 e. The molecular formula is C35H49N3O11. The van der Waals surface area contributed by atoms with Crippen molar-refractivity contribution in [2.45, 2.75) is 95.6 Å². The summed E-state index contributed by atoms with van der Waals surface area (Å²) < 4.78 is 5.86. The minimum absolute atomic E-state index is 0.00567. The number of hydrogen-bond donors (Lipinski definition) is 9. The number of urea groups is 1. The van der Waals surface area contributed by atoms with Crippen LogP contribution in [0.2, 0.25) is 0 Å². The molecule has 0 aromatic heterocycles. The Kier molecular flexibility index (Phi) is 13.1. The second-order valence-electron chi connectivity index (χ2n) is 13.0. The highest BCUT2D eigenvalue weighted by Crippen LogP contribution is 2.36. The van der Waals surface area contributed by atoms with E-state index >= 15 is 0 Å². The van der Waals surface area contributed by atoms with Crippen molar-refractivity contribution in [3.8, 4) is 5.75 Å². The first-order chi connectivity index (χ1) is 22.8. The molecule has 1 heterocycles. The van der Waals surface area contributed by atoms with E-state index in [0.29, 0.717) is 18.6 Å². The smallest absolute Gasteiger partial charge is 0.326 e. The molecular weight excluding hydrogens is 638 g/mol. The van der Waals surface area contributed by atoms with Gasteiger partial charge in [0.25, 0.3) is 0 Å². The van der Waals surface area contributed by atoms with E-state index in [4.69, 9.17) is 4.74 Å². The molecule has 14 nitrogen and oxygen atoms in total. The number of allylic oxidation sites excluding steroid dienone is 1. The molecule has 0 saturated carbocycles. The van der Waals surface area contributed by atoms with E-state index in [1.807, 2.05) is 62.4 Å². The van der Waals surface area contributed by atoms with Crippen LogP contribution in [0, 0.1) is 25.7 Å². The first kappa shape index (κ1) is 39.5. The molecule has 1 aliphatic rings. The van der Waals surface area contributed by atoms with Crippen LogP contribution in [0.1, 0.15) is 56.2 Å². The molecule has 3 amide bonds. The summed E-state index contributed by atoms with van der Waals surface area (Å²) in [4.78, 5) is 39.8. The summed E-state index contributed by atoms with van der Waals surface area (Å²) in [6, 6.07) is 10.8. The number of hydrogen-bond acceptors (Lipinski definition) is 11. The fraction of sp³-hybridized carbons (Fsp3) is 0.514. The number of carbonyl (C=O) groups excluding carboxylic acids is 3. The monoisotopic (exact) mass is 687 g/mol. The van der Waals surface area contributed by atoms with Gasteiger partial charge < -0.3 is 45.8 Å². The molecule has 4 unspecified atom stereocenters. The largest absolute Gasteiger partial charge is 0.485 e. The number of aliphatic hydroxyl groups is 7. The fourth-order valence-corrected chi connectivity index (χ4v) is 6.01. The number of nitrogens with zero attached hydrogens (tertiary/aromatic N) is 1. The van der Waals surface area contributed by atoms with Gasteiger partial charge in [0.1, 0.15) is 18.4 Å². The van der Waals surface area contributed by atoms with Gasteiger partial charge in [0.15, 0.2) is 5.78 Å². The van der Waals surface area contributed by atoms with Crippen LogP contribution < -0.4 is 15.4 Å². The maximum atomic E-state index is 13.7. The molecule has 9 N–H and O–H groups in total. The number of para-hydroxylation sites is 1. The number of nitrogens with one attached hydrogen (secondary N) is 2. The standard InChI is InChI=1S/C35H49N3O11/c1-6-7-16-26(36-31(41)29(21(2)3)38-32(42)37-34(45,46)33(43,44)35(38,47)48)19-28(40)25(17-24-14-9-8-10-15-24)18-27(39)20-49-30-22(4)12-11-13-23(30)5/h6,8-15,21,25-26,28-29,40,43-48H,1,7,16-20H2,2-5H3,(H,36,41)(H,37,42). The summed E-state index contributed by atoms with van der Waals surface area (Å²) in [5, 5.41) is 77.2. The van der Waals surface area contributed by atoms with Gasteiger partial charge in [-0.25, -0.2) is 4.79 Å². The lowest BCUT2D eigenvalue weighted by Crippen LogP contribution is -2.86. The van der Waals surface area contributed by atoms with Crippen LogP contribution in [-0.4, -0.2) is 101 Å². The molecule has 2 aromatic carbocycles. The van der Waals surface area contributed by atoms with E-state index in [0.717, 1.165) is 16.7 Å². The van der Waals surface area contributed by atoms with Crippen LogP contribution >= 0.6 is 0 Å². The maximum absolute atomic E-state index is 13.7. The molecule has 14 heteroatoms. The van der Waals surface area contributed by atoms with Gasteiger partial charge in [-0.05, 0) is 68.1 Å². The lowest BCUT2D eigenvalue weighted by atomic mass is 9.85. The van der Waals surface area contributed by atoms with Crippen molar-refractivity contribution in [2.24, 2.45) is 11.8 Å². The Hall–Kier alpha value is -3.89. The SMILES string of the molecule is C=CCCC(CC(O)C(CC(=O)COc1c(C)cccc1C)Cc1ccccc1)NC(=O)C(C(C)C)N1C(=O)NC(O)(O)C(O)(O)C1(O)O. The zero-order valence-corrected chi connectivity index (χ0v) is 28.2. The molecule has 1 aliphatic heterocycles. The van der Waals surface area contributed by atoms with Gasteiger partial charge in [0.05, 0.1) is 6.10 Å². The van der Waals surface area contributed by atoms with E-state index in [1.165, 1.54) is 19.2 Å². The summed E-state index contributed by atoms with van der Waals surface area (Å²) in [6.07, 6.45) is 1.35. The van der Waals surface area contributed by atoms with Gasteiger partial charge in [-0.15, -0.1) is 6.58 Å². The number of benzene rings is 2. The average molecular weight is 688 g/mol. The highest BCUT2D eigenvalue weighted by Gasteiger charge is 2.72. The van der Waals surface area contributed by atoms with Crippen molar-refractivity contribution in [3.05, 3.63) is 77.9 Å². The van der Waals surface area contributed by atoms with E-state index in [9.17, 15) is 50.1 Å². The molecule has 0 radical (unpaired) electrons. The number of ketones is 1. The molecule has 0 spiro atoms. The van der Waals surface area contributed by atoms with Crippen molar-refractivity contribution in [3.63, 3.8) is 0 Å². The number of aryl methyl sites for hydroxylation is 2. The second kappa shape index (κ2) is 16.2. The number of carbonyl (C=O) groups is 3. The van der Waals surface area contributed by atoms with Crippen molar-refractivity contribution >= 4 is 17.7 Å². The number of aliphatic hydroxyl groups excluding tert-OH is 1. The van der Waals surface area contributed by atoms with Gasteiger partial charge in [0.2, 0.25) is 5.91 Å². The molecule has 0 bridgehead atoms. The third-order valence-electron chi connectivity index (χ3n) is 8.72. The Labute approximate surface area is 285 Å². The van der Waals surface area contributed by atoms with Crippen LogP contribution in [-0.2, 0) is 16.0 Å². The highest BCUT2D eigenvalue weighted by atomic mass is 16.7. The molecule has 270 valence electrons. The zero-order chi connectivity index (χ0) is 36.7. The van der Waals surface area contributed by atoms with Crippen LogP contribution in [0.3, 0.4) is 0 Å². The Balaban J connectivity index is 1.83. The van der Waals surface area contributed by atoms with Crippen LogP contribution in [0.15, 0.2) is 61.2 Å². The average Bonchev–Trinajstić information content (AvgIpc) is 3.00. The lowest BCUT2D eigenvalue weighted by molar-refractivity contribution is -0.496. The van der Waals surface area contributed by atoms with Crippen molar-refractivity contribution in [1.29, 1.82) is 0 Å². The molecule has 1 saturated heterocycles. The van der Waals surface area contributed by atoms with Gasteiger partial charge in [0, 0.05) is 12.5 Å². The lowest BCUT2D eigenvalue weighted by Gasteiger charge is -2.53. The summed E-state index contributed by atoms with van der Waals surface area (Å²) >= 11 is 0. The third-order valence-corrected chi connectivity index (χ3v) is 8.72. The summed E-state index contributed by atoms with van der Waals surface area (Å²) in [7, 11) is 0. The number of rotatable bonds is 17. The predicted molar refractivity (Wildman–Crippen MR) is 177 cm³/mol. The van der Waals surface area contributed by atoms with E-state index < -0.39 is 59.6 Å². The van der Waals surface area contributed by atoms with E-state index in [1.54, 1.807) is 6.08 Å². The van der Waals surface area contributed by atoms with Gasteiger partial charge in [-0.1, -0.05) is 68.5 Å². The van der Waals surface area contributed by atoms with E-state index in [-0.39, 0.29) is 36.6 Å².